The predicted octanol–water partition coefficient (Wildman–Crippen LogP) is 4.95. The van der Waals surface area contributed by atoms with E-state index in [1.165, 1.54) is 6.07 Å². The molecular weight excluding hydrogens is 362 g/mol. The molecule has 0 N–H and O–H groups in total. The van der Waals surface area contributed by atoms with Crippen LogP contribution in [0.4, 0.5) is 0 Å². The summed E-state index contributed by atoms with van der Waals surface area (Å²) >= 11 is 6.27. The van der Waals surface area contributed by atoms with Gasteiger partial charge in [-0.1, -0.05) is 36.4 Å². The molecule has 0 aliphatic rings. The van der Waals surface area contributed by atoms with Crippen LogP contribution >= 0.6 is 11.6 Å². The maximum atomic E-state index is 11.9. The SMILES string of the molecule is C=CCOc1ccc(CN(C)Cc2cc(=O)oc3cc(C)c(Cl)cc23)cc1. The van der Waals surface area contributed by atoms with Gasteiger partial charge < -0.3 is 9.15 Å². The van der Waals surface area contributed by atoms with E-state index in [1.54, 1.807) is 6.08 Å². The Balaban J connectivity index is 1.77. The Morgan fingerprint density at radius 2 is 1.93 bits per heavy atom. The van der Waals surface area contributed by atoms with Gasteiger partial charge in [0.25, 0.3) is 0 Å². The van der Waals surface area contributed by atoms with Crippen molar-refractivity contribution in [3.63, 3.8) is 0 Å². The van der Waals surface area contributed by atoms with Crippen molar-refractivity contribution in [3.8, 4) is 5.75 Å². The standard InChI is InChI=1S/C22H22ClNO3/c1-4-9-26-18-7-5-16(6-8-18)13-24(3)14-17-11-22(25)27-21-10-15(2)20(23)12-19(17)21/h4-8,10-12H,1,9,13-14H2,2-3H3. The summed E-state index contributed by atoms with van der Waals surface area (Å²) in [6.45, 7) is 7.37. The third-order valence-corrected chi connectivity index (χ3v) is 4.70. The quantitative estimate of drug-likeness (QED) is 0.427. The van der Waals surface area contributed by atoms with Gasteiger partial charge in [0.2, 0.25) is 0 Å². The summed E-state index contributed by atoms with van der Waals surface area (Å²) in [5.74, 6) is 0.818. The molecule has 27 heavy (non-hydrogen) atoms. The highest BCUT2D eigenvalue weighted by Crippen LogP contribution is 2.26. The Kier molecular flexibility index (Phi) is 5.99. The largest absolute Gasteiger partial charge is 0.490 e. The van der Waals surface area contributed by atoms with Gasteiger partial charge in [-0.3, -0.25) is 4.90 Å². The van der Waals surface area contributed by atoms with Crippen LogP contribution in [0.25, 0.3) is 11.0 Å². The van der Waals surface area contributed by atoms with Gasteiger partial charge in [0, 0.05) is 29.6 Å². The van der Waals surface area contributed by atoms with E-state index in [-0.39, 0.29) is 5.63 Å². The van der Waals surface area contributed by atoms with Crippen LogP contribution in [-0.4, -0.2) is 18.6 Å². The van der Waals surface area contributed by atoms with Crippen LogP contribution < -0.4 is 10.4 Å². The molecular formula is C22H22ClNO3. The summed E-state index contributed by atoms with van der Waals surface area (Å²) in [5, 5.41) is 1.53. The molecule has 0 saturated heterocycles. The second kappa shape index (κ2) is 8.42. The lowest BCUT2D eigenvalue weighted by atomic mass is 10.1. The fourth-order valence-corrected chi connectivity index (χ4v) is 3.15. The first-order valence-electron chi connectivity index (χ1n) is 8.70. The van der Waals surface area contributed by atoms with Crippen LogP contribution in [0, 0.1) is 6.92 Å². The third-order valence-electron chi connectivity index (χ3n) is 4.29. The van der Waals surface area contributed by atoms with E-state index in [0.29, 0.717) is 23.8 Å². The van der Waals surface area contributed by atoms with Crippen molar-refractivity contribution in [2.45, 2.75) is 20.0 Å². The van der Waals surface area contributed by atoms with Gasteiger partial charge in [0.05, 0.1) is 0 Å². The number of rotatable bonds is 7. The average Bonchev–Trinajstić information content (AvgIpc) is 2.62. The summed E-state index contributed by atoms with van der Waals surface area (Å²) in [7, 11) is 2.01. The number of hydrogen-bond donors (Lipinski definition) is 0. The van der Waals surface area contributed by atoms with Crippen molar-refractivity contribution in [1.29, 1.82) is 0 Å². The van der Waals surface area contributed by atoms with Crippen LogP contribution in [0.3, 0.4) is 0 Å². The Bertz CT molecular complexity index is 1010. The molecule has 5 heteroatoms. The van der Waals surface area contributed by atoms with Crippen molar-refractivity contribution in [1.82, 2.24) is 4.90 Å². The van der Waals surface area contributed by atoms with E-state index < -0.39 is 0 Å². The highest BCUT2D eigenvalue weighted by Gasteiger charge is 2.11. The fraction of sp³-hybridized carbons (Fsp3) is 0.227. The summed E-state index contributed by atoms with van der Waals surface area (Å²) in [5.41, 5.74) is 3.16. The molecule has 1 aromatic heterocycles. The summed E-state index contributed by atoms with van der Waals surface area (Å²) < 4.78 is 10.8. The Morgan fingerprint density at radius 3 is 2.63 bits per heavy atom. The van der Waals surface area contributed by atoms with Crippen molar-refractivity contribution in [2.75, 3.05) is 13.7 Å². The minimum absolute atomic E-state index is 0.351. The third kappa shape index (κ3) is 4.79. The predicted molar refractivity (Wildman–Crippen MR) is 110 cm³/mol. The molecule has 0 fully saturated rings. The zero-order valence-corrected chi connectivity index (χ0v) is 16.3. The minimum Gasteiger partial charge on any atom is -0.490 e. The number of halogens is 1. The number of benzene rings is 2. The second-order valence-electron chi connectivity index (χ2n) is 6.60. The Labute approximate surface area is 163 Å². The van der Waals surface area contributed by atoms with E-state index in [0.717, 1.165) is 34.4 Å². The van der Waals surface area contributed by atoms with E-state index in [2.05, 4.69) is 11.5 Å². The maximum Gasteiger partial charge on any atom is 0.336 e. The number of hydrogen-bond acceptors (Lipinski definition) is 4. The van der Waals surface area contributed by atoms with Gasteiger partial charge in [-0.25, -0.2) is 4.79 Å². The van der Waals surface area contributed by atoms with Gasteiger partial charge >= 0.3 is 5.63 Å². The fourth-order valence-electron chi connectivity index (χ4n) is 2.98. The van der Waals surface area contributed by atoms with Gasteiger partial charge in [-0.05, 0) is 54.9 Å². The first-order chi connectivity index (χ1) is 13.0. The van der Waals surface area contributed by atoms with Gasteiger partial charge in [-0.15, -0.1) is 0 Å². The zero-order valence-electron chi connectivity index (χ0n) is 15.5. The zero-order chi connectivity index (χ0) is 19.4. The molecule has 3 aromatic rings. The molecule has 1 heterocycles. The smallest absolute Gasteiger partial charge is 0.336 e. The summed E-state index contributed by atoms with van der Waals surface area (Å²) in [4.78, 5) is 14.1. The molecule has 0 spiro atoms. The first-order valence-corrected chi connectivity index (χ1v) is 9.08. The molecule has 0 unspecified atom stereocenters. The van der Waals surface area contributed by atoms with E-state index in [4.69, 9.17) is 20.8 Å². The average molecular weight is 384 g/mol. The number of aryl methyl sites for hydroxylation is 1. The molecule has 3 rings (SSSR count). The van der Waals surface area contributed by atoms with E-state index in [9.17, 15) is 4.79 Å². The highest BCUT2D eigenvalue weighted by atomic mass is 35.5. The Morgan fingerprint density at radius 1 is 1.19 bits per heavy atom. The summed E-state index contributed by atoms with van der Waals surface area (Å²) in [6.07, 6.45) is 1.72. The molecule has 0 saturated carbocycles. The van der Waals surface area contributed by atoms with Crippen LogP contribution in [0.15, 0.2) is 64.3 Å². The normalized spacial score (nSPS) is 11.1. The number of nitrogens with zero attached hydrogens (tertiary/aromatic N) is 1. The topological polar surface area (TPSA) is 42.7 Å². The monoisotopic (exact) mass is 383 g/mol. The molecule has 0 radical (unpaired) electrons. The Hall–Kier alpha value is -2.56. The lowest BCUT2D eigenvalue weighted by molar-refractivity contribution is 0.319. The van der Waals surface area contributed by atoms with Gasteiger partial charge in [0.15, 0.2) is 0 Å². The molecule has 0 bridgehead atoms. The lowest BCUT2D eigenvalue weighted by Gasteiger charge is -2.18. The molecule has 140 valence electrons. The van der Waals surface area contributed by atoms with Crippen molar-refractivity contribution in [3.05, 3.63) is 87.3 Å². The first kappa shape index (κ1) is 19.2. The molecule has 4 nitrogen and oxygen atoms in total. The van der Waals surface area contributed by atoms with Crippen LogP contribution in [0.5, 0.6) is 5.75 Å². The van der Waals surface area contributed by atoms with Gasteiger partial charge in [0.1, 0.15) is 17.9 Å². The van der Waals surface area contributed by atoms with Crippen LogP contribution in [0.2, 0.25) is 5.02 Å². The molecule has 0 aliphatic carbocycles. The maximum absolute atomic E-state index is 11.9. The number of fused-ring (bicyclic) bond motifs is 1. The highest BCUT2D eigenvalue weighted by molar-refractivity contribution is 6.32. The van der Waals surface area contributed by atoms with Crippen molar-refractivity contribution >= 4 is 22.6 Å². The molecule has 2 aromatic carbocycles. The lowest BCUT2D eigenvalue weighted by Crippen LogP contribution is -2.18. The molecule has 0 atom stereocenters. The van der Waals surface area contributed by atoms with E-state index in [1.807, 2.05) is 50.4 Å². The van der Waals surface area contributed by atoms with Crippen LogP contribution in [-0.2, 0) is 13.1 Å². The molecule has 0 aliphatic heterocycles. The second-order valence-corrected chi connectivity index (χ2v) is 7.01. The van der Waals surface area contributed by atoms with Gasteiger partial charge in [-0.2, -0.15) is 0 Å². The number of ether oxygens (including phenoxy) is 1. The summed E-state index contributed by atoms with van der Waals surface area (Å²) in [6, 6.07) is 13.2. The van der Waals surface area contributed by atoms with E-state index >= 15 is 0 Å². The van der Waals surface area contributed by atoms with Crippen LogP contribution in [0.1, 0.15) is 16.7 Å². The van der Waals surface area contributed by atoms with Crippen molar-refractivity contribution in [2.24, 2.45) is 0 Å². The molecule has 0 amide bonds. The van der Waals surface area contributed by atoms with Crippen molar-refractivity contribution < 1.29 is 9.15 Å². The minimum atomic E-state index is -0.351.